The van der Waals surface area contributed by atoms with Crippen LogP contribution >= 0.6 is 0 Å². The third-order valence-electron chi connectivity index (χ3n) is 5.78. The van der Waals surface area contributed by atoms with Gasteiger partial charge in [-0.2, -0.15) is 4.98 Å². The second-order valence-corrected chi connectivity index (χ2v) is 7.83. The van der Waals surface area contributed by atoms with Crippen LogP contribution in [-0.2, 0) is 4.74 Å². The normalized spacial score (nSPS) is 15.7. The van der Waals surface area contributed by atoms with Gasteiger partial charge < -0.3 is 14.6 Å². The molecule has 1 N–H and O–H groups in total. The Balaban J connectivity index is 1.39. The highest BCUT2D eigenvalue weighted by Gasteiger charge is 2.34. The van der Waals surface area contributed by atoms with Gasteiger partial charge in [-0.3, -0.25) is 14.1 Å². The first-order valence-electron chi connectivity index (χ1n) is 10.6. The van der Waals surface area contributed by atoms with E-state index in [0.29, 0.717) is 40.9 Å². The lowest BCUT2D eigenvalue weighted by molar-refractivity contribution is 0.102. The van der Waals surface area contributed by atoms with Gasteiger partial charge in [-0.15, -0.1) is 0 Å². The molecule has 1 fully saturated rings. The number of benzene rings is 1. The monoisotopic (exact) mass is 446 g/mol. The molecule has 10 heteroatoms. The van der Waals surface area contributed by atoms with E-state index in [2.05, 4.69) is 20.4 Å². The van der Waals surface area contributed by atoms with E-state index in [-0.39, 0.29) is 11.9 Å². The first-order chi connectivity index (χ1) is 16.0. The molecule has 33 heavy (non-hydrogen) atoms. The Morgan fingerprint density at radius 2 is 2.12 bits per heavy atom. The maximum absolute atomic E-state index is 12.9. The van der Waals surface area contributed by atoms with E-state index in [4.69, 9.17) is 9.26 Å². The third kappa shape index (κ3) is 3.79. The van der Waals surface area contributed by atoms with Crippen LogP contribution in [0.5, 0.6) is 0 Å². The second kappa shape index (κ2) is 8.38. The number of nitrogens with one attached hydrogen (secondary N) is 1. The lowest BCUT2D eigenvalue weighted by atomic mass is 10.1. The quantitative estimate of drug-likeness (QED) is 0.506. The zero-order valence-corrected chi connectivity index (χ0v) is 18.2. The van der Waals surface area contributed by atoms with Crippen LogP contribution in [0.4, 0.5) is 10.5 Å². The first-order valence-corrected chi connectivity index (χ1v) is 10.6. The average molecular weight is 446 g/mol. The third-order valence-corrected chi connectivity index (χ3v) is 5.78. The van der Waals surface area contributed by atoms with Crippen molar-refractivity contribution in [3.8, 4) is 11.4 Å². The van der Waals surface area contributed by atoms with Crippen molar-refractivity contribution in [2.24, 2.45) is 0 Å². The number of likely N-dealkylation sites (tertiary alicyclic amines) is 1. The number of methoxy groups -OCH3 is 1. The van der Waals surface area contributed by atoms with Crippen molar-refractivity contribution >= 4 is 23.3 Å². The number of carbonyl (C=O) groups excluding carboxylic acids is 2. The molecule has 0 spiro atoms. The van der Waals surface area contributed by atoms with Crippen LogP contribution in [0.25, 0.3) is 17.0 Å². The Kier molecular flexibility index (Phi) is 5.25. The van der Waals surface area contributed by atoms with Crippen molar-refractivity contribution in [3.05, 3.63) is 65.9 Å². The standard InChI is InChI=1S/C23H22N6O4/c1-14-8-9-15(20-26-22(33-27-20)17-6-5-11-29(17)23(31)32-2)12-16(14)25-21(30)18-13-24-19-7-3-4-10-28(18)19/h3-4,7-10,12-13,17H,5-6,11H2,1-2H3,(H,25,30)/t17-/m0/s1. The van der Waals surface area contributed by atoms with Crippen molar-refractivity contribution in [1.29, 1.82) is 0 Å². The van der Waals surface area contributed by atoms with Gasteiger partial charge in [0.05, 0.1) is 13.3 Å². The predicted molar refractivity (Wildman–Crippen MR) is 119 cm³/mol. The van der Waals surface area contributed by atoms with Crippen LogP contribution < -0.4 is 5.32 Å². The van der Waals surface area contributed by atoms with Crippen molar-refractivity contribution in [1.82, 2.24) is 24.4 Å². The highest BCUT2D eigenvalue weighted by atomic mass is 16.5. The molecule has 2 amide bonds. The maximum Gasteiger partial charge on any atom is 0.410 e. The number of ether oxygens (including phenoxy) is 1. The largest absolute Gasteiger partial charge is 0.453 e. The Hall–Kier alpha value is -4.21. The molecule has 1 aromatic carbocycles. The van der Waals surface area contributed by atoms with E-state index in [0.717, 1.165) is 18.4 Å². The summed E-state index contributed by atoms with van der Waals surface area (Å²) in [5, 5.41) is 7.05. The molecule has 1 saturated heterocycles. The number of nitrogens with zero attached hydrogens (tertiary/aromatic N) is 5. The van der Waals surface area contributed by atoms with E-state index >= 15 is 0 Å². The SMILES string of the molecule is COC(=O)N1CCC[C@H]1c1nc(-c2ccc(C)c(NC(=O)c3cnc4ccccn34)c2)no1. The van der Waals surface area contributed by atoms with Crippen LogP contribution in [0.3, 0.4) is 0 Å². The molecule has 168 valence electrons. The summed E-state index contributed by atoms with van der Waals surface area (Å²) < 4.78 is 12.1. The fourth-order valence-electron chi connectivity index (χ4n) is 4.03. The molecule has 1 aliphatic rings. The van der Waals surface area contributed by atoms with Crippen LogP contribution in [0.15, 0.2) is 53.3 Å². The number of hydrogen-bond donors (Lipinski definition) is 1. The topological polar surface area (TPSA) is 115 Å². The lowest BCUT2D eigenvalue weighted by Gasteiger charge is -2.19. The fraction of sp³-hybridized carbons (Fsp3) is 0.261. The number of aromatic nitrogens is 4. The van der Waals surface area contributed by atoms with Gasteiger partial charge >= 0.3 is 6.09 Å². The molecule has 10 nitrogen and oxygen atoms in total. The molecule has 4 aromatic rings. The summed E-state index contributed by atoms with van der Waals surface area (Å²) in [4.78, 5) is 35.3. The summed E-state index contributed by atoms with van der Waals surface area (Å²) in [6.07, 6.45) is 4.49. The molecular weight excluding hydrogens is 424 g/mol. The molecule has 4 heterocycles. The number of amides is 2. The summed E-state index contributed by atoms with van der Waals surface area (Å²) in [6, 6.07) is 10.8. The van der Waals surface area contributed by atoms with E-state index < -0.39 is 6.09 Å². The van der Waals surface area contributed by atoms with Crippen molar-refractivity contribution in [2.45, 2.75) is 25.8 Å². The predicted octanol–water partition coefficient (Wildman–Crippen LogP) is 3.85. The number of carbonyl (C=O) groups is 2. The van der Waals surface area contributed by atoms with Gasteiger partial charge in [-0.1, -0.05) is 23.4 Å². The minimum Gasteiger partial charge on any atom is -0.453 e. The Labute approximate surface area is 189 Å². The summed E-state index contributed by atoms with van der Waals surface area (Å²) in [7, 11) is 1.35. The Morgan fingerprint density at radius 1 is 1.24 bits per heavy atom. The maximum atomic E-state index is 12.9. The molecule has 5 rings (SSSR count). The number of rotatable bonds is 4. The van der Waals surface area contributed by atoms with E-state index in [9.17, 15) is 9.59 Å². The summed E-state index contributed by atoms with van der Waals surface area (Å²) in [6.45, 7) is 2.49. The highest BCUT2D eigenvalue weighted by Crippen LogP contribution is 2.33. The minimum absolute atomic E-state index is 0.276. The zero-order valence-electron chi connectivity index (χ0n) is 18.2. The van der Waals surface area contributed by atoms with Crippen molar-refractivity contribution in [2.75, 3.05) is 19.0 Å². The van der Waals surface area contributed by atoms with Gasteiger partial charge in [0.15, 0.2) is 0 Å². The zero-order chi connectivity index (χ0) is 22.9. The molecule has 0 unspecified atom stereocenters. The van der Waals surface area contributed by atoms with Gasteiger partial charge in [0.1, 0.15) is 17.4 Å². The van der Waals surface area contributed by atoms with Gasteiger partial charge in [0, 0.05) is 24.0 Å². The number of fused-ring (bicyclic) bond motifs is 1. The first kappa shape index (κ1) is 20.7. The number of imidazole rings is 1. The van der Waals surface area contributed by atoms with E-state index in [1.54, 1.807) is 27.8 Å². The Morgan fingerprint density at radius 3 is 2.97 bits per heavy atom. The van der Waals surface area contributed by atoms with Crippen LogP contribution in [0.1, 0.15) is 40.8 Å². The van der Waals surface area contributed by atoms with Gasteiger partial charge in [-0.05, 0) is 43.5 Å². The van der Waals surface area contributed by atoms with Crippen LogP contribution in [-0.4, -0.2) is 50.1 Å². The van der Waals surface area contributed by atoms with Crippen molar-refractivity contribution in [3.63, 3.8) is 0 Å². The van der Waals surface area contributed by atoms with Crippen molar-refractivity contribution < 1.29 is 18.8 Å². The van der Waals surface area contributed by atoms with Gasteiger partial charge in [0.2, 0.25) is 11.7 Å². The molecule has 0 bridgehead atoms. The Bertz CT molecular complexity index is 1340. The highest BCUT2D eigenvalue weighted by molar-refractivity contribution is 6.04. The molecule has 0 aliphatic carbocycles. The fourth-order valence-corrected chi connectivity index (χ4v) is 4.03. The van der Waals surface area contributed by atoms with E-state index in [1.807, 2.05) is 37.3 Å². The average Bonchev–Trinajstić information content (AvgIpc) is 3.58. The lowest BCUT2D eigenvalue weighted by Crippen LogP contribution is -2.30. The number of hydrogen-bond acceptors (Lipinski definition) is 7. The summed E-state index contributed by atoms with van der Waals surface area (Å²) in [5.41, 5.74) is 3.33. The minimum atomic E-state index is -0.412. The second-order valence-electron chi connectivity index (χ2n) is 7.83. The molecule has 0 radical (unpaired) electrons. The molecular formula is C23H22N6O4. The van der Waals surface area contributed by atoms with Gasteiger partial charge in [-0.25, -0.2) is 9.78 Å². The van der Waals surface area contributed by atoms with Gasteiger partial charge in [0.25, 0.3) is 5.91 Å². The molecule has 1 atom stereocenters. The summed E-state index contributed by atoms with van der Waals surface area (Å²) >= 11 is 0. The number of aryl methyl sites for hydroxylation is 1. The van der Waals surface area contributed by atoms with E-state index in [1.165, 1.54) is 7.11 Å². The number of anilines is 1. The summed E-state index contributed by atoms with van der Waals surface area (Å²) in [5.74, 6) is 0.472. The van der Waals surface area contributed by atoms with Crippen LogP contribution in [0, 0.1) is 6.92 Å². The number of pyridine rings is 1. The molecule has 0 saturated carbocycles. The van der Waals surface area contributed by atoms with Crippen LogP contribution in [0.2, 0.25) is 0 Å². The molecule has 1 aliphatic heterocycles. The smallest absolute Gasteiger partial charge is 0.410 e. The molecule has 3 aromatic heterocycles.